The van der Waals surface area contributed by atoms with E-state index in [0.29, 0.717) is 19.4 Å². The minimum atomic E-state index is -0.0155. The molecule has 0 atom stereocenters. The van der Waals surface area contributed by atoms with E-state index in [0.717, 1.165) is 26.5 Å². The van der Waals surface area contributed by atoms with E-state index in [-0.39, 0.29) is 5.91 Å². The van der Waals surface area contributed by atoms with Crippen molar-refractivity contribution in [2.45, 2.75) is 19.8 Å². The molecule has 0 heterocycles. The molecule has 2 aromatic carbocycles. The van der Waals surface area contributed by atoms with Gasteiger partial charge in [0.05, 0.1) is 6.61 Å². The molecule has 0 aliphatic heterocycles. The average molecular weight is 383 g/mol. The molecular weight excluding hydrogens is 366 g/mol. The monoisotopic (exact) mass is 381 g/mol. The van der Waals surface area contributed by atoms with Crippen LogP contribution in [0.25, 0.3) is 0 Å². The standard InChI is InChI=1S/C17H17BrClNO2/c1-12-11-15(8-9-16(12)19)22-10-2-3-17(21)20-14-6-4-13(18)5-7-14/h4-9,11H,2-3,10H2,1H3,(H,20,21). The van der Waals surface area contributed by atoms with Crippen molar-refractivity contribution in [2.24, 2.45) is 0 Å². The molecule has 116 valence electrons. The molecule has 3 nitrogen and oxygen atoms in total. The summed E-state index contributed by atoms with van der Waals surface area (Å²) >= 11 is 9.32. The number of carbonyl (C=O) groups excluding carboxylic acids is 1. The summed E-state index contributed by atoms with van der Waals surface area (Å²) in [6.07, 6.45) is 1.08. The minimum absolute atomic E-state index is 0.0155. The van der Waals surface area contributed by atoms with E-state index in [1.807, 2.05) is 49.4 Å². The van der Waals surface area contributed by atoms with Gasteiger partial charge in [0.15, 0.2) is 0 Å². The summed E-state index contributed by atoms with van der Waals surface area (Å²) in [5.74, 6) is 0.758. The number of nitrogens with one attached hydrogen (secondary N) is 1. The van der Waals surface area contributed by atoms with Crippen LogP contribution in [0.1, 0.15) is 18.4 Å². The average Bonchev–Trinajstić information content (AvgIpc) is 2.49. The summed E-state index contributed by atoms with van der Waals surface area (Å²) in [5.41, 5.74) is 1.77. The first-order chi connectivity index (χ1) is 10.5. The molecule has 0 aliphatic carbocycles. The van der Waals surface area contributed by atoms with Crippen molar-refractivity contribution in [3.05, 3.63) is 57.5 Å². The van der Waals surface area contributed by atoms with Crippen molar-refractivity contribution in [3.8, 4) is 5.75 Å². The normalized spacial score (nSPS) is 10.3. The molecule has 0 aliphatic rings. The molecule has 22 heavy (non-hydrogen) atoms. The third kappa shape index (κ3) is 5.35. The zero-order valence-electron chi connectivity index (χ0n) is 12.2. The quantitative estimate of drug-likeness (QED) is 0.697. The van der Waals surface area contributed by atoms with Crippen LogP contribution in [0.5, 0.6) is 5.75 Å². The first kappa shape index (κ1) is 16.8. The van der Waals surface area contributed by atoms with Crippen LogP contribution in [0.2, 0.25) is 5.02 Å². The van der Waals surface area contributed by atoms with E-state index in [4.69, 9.17) is 16.3 Å². The Kier molecular flexibility index (Phi) is 6.28. The number of benzene rings is 2. The van der Waals surface area contributed by atoms with Gasteiger partial charge in [-0.2, -0.15) is 0 Å². The van der Waals surface area contributed by atoms with Crippen molar-refractivity contribution < 1.29 is 9.53 Å². The van der Waals surface area contributed by atoms with Crippen molar-refractivity contribution in [2.75, 3.05) is 11.9 Å². The second kappa shape index (κ2) is 8.20. The molecule has 0 spiro atoms. The zero-order valence-corrected chi connectivity index (χ0v) is 14.6. The smallest absolute Gasteiger partial charge is 0.224 e. The number of hydrogen-bond acceptors (Lipinski definition) is 2. The highest BCUT2D eigenvalue weighted by atomic mass is 79.9. The first-order valence-electron chi connectivity index (χ1n) is 6.99. The largest absolute Gasteiger partial charge is 0.494 e. The Bertz CT molecular complexity index is 644. The second-order valence-corrected chi connectivity index (χ2v) is 6.24. The molecule has 5 heteroatoms. The Balaban J connectivity index is 1.70. The van der Waals surface area contributed by atoms with Crippen LogP contribution in [0, 0.1) is 6.92 Å². The fourth-order valence-corrected chi connectivity index (χ4v) is 2.27. The third-order valence-corrected chi connectivity index (χ3v) is 4.03. The Morgan fingerprint density at radius 1 is 1.23 bits per heavy atom. The molecular formula is C17H17BrClNO2. The summed E-state index contributed by atoms with van der Waals surface area (Å²) in [6, 6.07) is 13.0. The van der Waals surface area contributed by atoms with Gasteiger partial charge < -0.3 is 10.1 Å². The van der Waals surface area contributed by atoms with Gasteiger partial charge in [0.1, 0.15) is 5.75 Å². The van der Waals surface area contributed by atoms with Crippen molar-refractivity contribution in [1.82, 2.24) is 0 Å². The number of aryl methyl sites for hydroxylation is 1. The maximum atomic E-state index is 11.8. The van der Waals surface area contributed by atoms with Gasteiger partial charge in [0, 0.05) is 21.6 Å². The zero-order chi connectivity index (χ0) is 15.9. The minimum Gasteiger partial charge on any atom is -0.494 e. The highest BCUT2D eigenvalue weighted by molar-refractivity contribution is 9.10. The lowest BCUT2D eigenvalue weighted by Gasteiger charge is -2.08. The summed E-state index contributed by atoms with van der Waals surface area (Å²) in [4.78, 5) is 11.8. The number of rotatable bonds is 6. The topological polar surface area (TPSA) is 38.3 Å². The molecule has 1 N–H and O–H groups in total. The lowest BCUT2D eigenvalue weighted by atomic mass is 10.2. The van der Waals surface area contributed by atoms with Gasteiger partial charge >= 0.3 is 0 Å². The molecule has 0 bridgehead atoms. The third-order valence-electron chi connectivity index (χ3n) is 3.07. The maximum absolute atomic E-state index is 11.8. The van der Waals surface area contributed by atoms with Crippen LogP contribution in [-0.2, 0) is 4.79 Å². The van der Waals surface area contributed by atoms with E-state index in [2.05, 4.69) is 21.2 Å². The van der Waals surface area contributed by atoms with Crippen molar-refractivity contribution in [1.29, 1.82) is 0 Å². The molecule has 2 rings (SSSR count). The highest BCUT2D eigenvalue weighted by Crippen LogP contribution is 2.21. The number of ether oxygens (including phenoxy) is 1. The highest BCUT2D eigenvalue weighted by Gasteiger charge is 2.03. The SMILES string of the molecule is Cc1cc(OCCCC(=O)Nc2ccc(Br)cc2)ccc1Cl. The lowest BCUT2D eigenvalue weighted by molar-refractivity contribution is -0.116. The van der Waals surface area contributed by atoms with Crippen LogP contribution < -0.4 is 10.1 Å². The molecule has 0 aromatic heterocycles. The summed E-state index contributed by atoms with van der Waals surface area (Å²) in [5, 5.41) is 3.57. The fourth-order valence-electron chi connectivity index (χ4n) is 1.89. The molecule has 0 fully saturated rings. The Labute approximate surface area is 143 Å². The lowest BCUT2D eigenvalue weighted by Crippen LogP contribution is -2.12. The molecule has 0 unspecified atom stereocenters. The molecule has 0 saturated carbocycles. The van der Waals surface area contributed by atoms with E-state index < -0.39 is 0 Å². The van der Waals surface area contributed by atoms with Crippen molar-refractivity contribution >= 4 is 39.1 Å². The second-order valence-electron chi connectivity index (χ2n) is 4.92. The fraction of sp³-hybridized carbons (Fsp3) is 0.235. The summed E-state index contributed by atoms with van der Waals surface area (Å²) in [6.45, 7) is 2.43. The van der Waals surface area contributed by atoms with Gasteiger partial charge in [0.25, 0.3) is 0 Å². The van der Waals surface area contributed by atoms with Crippen LogP contribution in [0.4, 0.5) is 5.69 Å². The van der Waals surface area contributed by atoms with Gasteiger partial charge in [-0.3, -0.25) is 4.79 Å². The number of carbonyl (C=O) groups is 1. The first-order valence-corrected chi connectivity index (χ1v) is 8.16. The Hall–Kier alpha value is -1.52. The Morgan fingerprint density at radius 3 is 2.64 bits per heavy atom. The van der Waals surface area contributed by atoms with Gasteiger partial charge in [-0.15, -0.1) is 0 Å². The van der Waals surface area contributed by atoms with Crippen LogP contribution in [0.3, 0.4) is 0 Å². The van der Waals surface area contributed by atoms with Crippen LogP contribution in [0.15, 0.2) is 46.9 Å². The molecule has 1 amide bonds. The van der Waals surface area contributed by atoms with Gasteiger partial charge in [-0.1, -0.05) is 27.5 Å². The van der Waals surface area contributed by atoms with Crippen LogP contribution >= 0.6 is 27.5 Å². The number of halogens is 2. The summed E-state index contributed by atoms with van der Waals surface area (Å²) in [7, 11) is 0. The van der Waals surface area contributed by atoms with E-state index in [9.17, 15) is 4.79 Å². The predicted octanol–water partition coefficient (Wildman–Crippen LogP) is 5.21. The van der Waals surface area contributed by atoms with E-state index >= 15 is 0 Å². The van der Waals surface area contributed by atoms with Crippen molar-refractivity contribution in [3.63, 3.8) is 0 Å². The van der Waals surface area contributed by atoms with Gasteiger partial charge in [0.2, 0.25) is 5.91 Å². The Morgan fingerprint density at radius 2 is 1.95 bits per heavy atom. The molecule has 0 saturated heterocycles. The predicted molar refractivity (Wildman–Crippen MR) is 93.7 cm³/mol. The number of amides is 1. The number of anilines is 1. The van der Waals surface area contributed by atoms with Gasteiger partial charge in [-0.25, -0.2) is 0 Å². The van der Waals surface area contributed by atoms with Gasteiger partial charge in [-0.05, 0) is 61.4 Å². The van der Waals surface area contributed by atoms with Crippen LogP contribution in [-0.4, -0.2) is 12.5 Å². The maximum Gasteiger partial charge on any atom is 0.224 e. The molecule has 2 aromatic rings. The van der Waals surface area contributed by atoms with E-state index in [1.165, 1.54) is 0 Å². The van der Waals surface area contributed by atoms with E-state index in [1.54, 1.807) is 0 Å². The molecule has 0 radical (unpaired) electrons. The summed E-state index contributed by atoms with van der Waals surface area (Å²) < 4.78 is 6.60. The number of hydrogen-bond donors (Lipinski definition) is 1.